The van der Waals surface area contributed by atoms with Crippen molar-refractivity contribution in [3.05, 3.63) is 18.1 Å². The van der Waals surface area contributed by atoms with Crippen LogP contribution in [-0.4, -0.2) is 47.8 Å². The van der Waals surface area contributed by atoms with Crippen LogP contribution >= 0.6 is 0 Å². The van der Waals surface area contributed by atoms with Crippen molar-refractivity contribution in [2.45, 2.75) is 6.42 Å². The van der Waals surface area contributed by atoms with Gasteiger partial charge >= 0.3 is 5.97 Å². The SMILES string of the molecule is COC(=O)c1nccc(N2CCC(CO)C2)n1. The van der Waals surface area contributed by atoms with Crippen LogP contribution in [0.3, 0.4) is 0 Å². The zero-order valence-corrected chi connectivity index (χ0v) is 9.67. The first-order valence-corrected chi connectivity index (χ1v) is 5.51. The Morgan fingerprint density at radius 3 is 3.18 bits per heavy atom. The second-order valence-corrected chi connectivity index (χ2v) is 4.01. The Kier molecular flexibility index (Phi) is 3.53. The lowest BCUT2D eigenvalue weighted by atomic mass is 10.1. The molecule has 6 heteroatoms. The number of carbonyl (C=O) groups is 1. The van der Waals surface area contributed by atoms with Crippen LogP contribution < -0.4 is 4.90 Å². The van der Waals surface area contributed by atoms with Gasteiger partial charge in [0.15, 0.2) is 0 Å². The summed E-state index contributed by atoms with van der Waals surface area (Å²) in [5.41, 5.74) is 0. The number of hydrogen-bond donors (Lipinski definition) is 1. The number of aliphatic hydroxyl groups is 1. The maximum absolute atomic E-state index is 11.3. The molecule has 0 amide bonds. The Hall–Kier alpha value is -1.69. The standard InChI is InChI=1S/C11H15N3O3/c1-17-11(16)10-12-4-2-9(13-10)14-5-3-8(6-14)7-15/h2,4,8,15H,3,5-7H2,1H3. The maximum Gasteiger partial charge on any atom is 0.376 e. The maximum atomic E-state index is 11.3. The third-order valence-electron chi connectivity index (χ3n) is 2.88. The van der Waals surface area contributed by atoms with Crippen molar-refractivity contribution in [1.29, 1.82) is 0 Å². The van der Waals surface area contributed by atoms with Crippen LogP contribution in [0.5, 0.6) is 0 Å². The third-order valence-corrected chi connectivity index (χ3v) is 2.88. The molecule has 92 valence electrons. The van der Waals surface area contributed by atoms with Crippen molar-refractivity contribution in [3.8, 4) is 0 Å². The van der Waals surface area contributed by atoms with E-state index in [1.165, 1.54) is 7.11 Å². The van der Waals surface area contributed by atoms with Crippen LogP contribution in [-0.2, 0) is 4.74 Å². The number of anilines is 1. The highest BCUT2D eigenvalue weighted by Crippen LogP contribution is 2.21. The first-order chi connectivity index (χ1) is 8.24. The number of ether oxygens (including phenoxy) is 1. The number of hydrogen-bond acceptors (Lipinski definition) is 6. The van der Waals surface area contributed by atoms with Gasteiger partial charge in [-0.25, -0.2) is 14.8 Å². The van der Waals surface area contributed by atoms with Crippen LogP contribution in [0.1, 0.15) is 17.0 Å². The van der Waals surface area contributed by atoms with E-state index in [0.717, 1.165) is 19.5 Å². The number of nitrogens with zero attached hydrogens (tertiary/aromatic N) is 3. The predicted molar refractivity (Wildman–Crippen MR) is 60.8 cm³/mol. The summed E-state index contributed by atoms with van der Waals surface area (Å²) in [6.07, 6.45) is 2.48. The van der Waals surface area contributed by atoms with E-state index in [4.69, 9.17) is 5.11 Å². The Morgan fingerprint density at radius 2 is 2.53 bits per heavy atom. The second-order valence-electron chi connectivity index (χ2n) is 4.01. The van der Waals surface area contributed by atoms with E-state index in [1.54, 1.807) is 12.3 Å². The summed E-state index contributed by atoms with van der Waals surface area (Å²) in [4.78, 5) is 21.3. The van der Waals surface area contributed by atoms with Gasteiger partial charge in [0, 0.05) is 31.8 Å². The Labute approximate surface area is 99.2 Å². The molecule has 1 unspecified atom stereocenters. The van der Waals surface area contributed by atoms with E-state index in [2.05, 4.69) is 14.7 Å². The number of esters is 1. The van der Waals surface area contributed by atoms with Gasteiger partial charge in [0.05, 0.1) is 7.11 Å². The molecule has 2 rings (SSSR count). The average Bonchev–Trinajstić information content (AvgIpc) is 2.86. The lowest BCUT2D eigenvalue weighted by Gasteiger charge is -2.17. The van der Waals surface area contributed by atoms with Crippen molar-refractivity contribution in [2.75, 3.05) is 31.7 Å². The van der Waals surface area contributed by atoms with Gasteiger partial charge in [-0.05, 0) is 12.5 Å². The van der Waals surface area contributed by atoms with E-state index in [-0.39, 0.29) is 18.3 Å². The molecule has 0 aromatic carbocycles. The van der Waals surface area contributed by atoms with Gasteiger partial charge in [-0.3, -0.25) is 0 Å². The van der Waals surface area contributed by atoms with Crippen LogP contribution in [0.25, 0.3) is 0 Å². The molecule has 1 aromatic heterocycles. The number of aromatic nitrogens is 2. The summed E-state index contributed by atoms with van der Waals surface area (Å²) in [7, 11) is 1.30. The summed E-state index contributed by atoms with van der Waals surface area (Å²) in [5.74, 6) is 0.519. The fraction of sp³-hybridized carbons (Fsp3) is 0.545. The summed E-state index contributed by atoms with van der Waals surface area (Å²) in [5, 5.41) is 9.08. The topological polar surface area (TPSA) is 75.5 Å². The van der Waals surface area contributed by atoms with Crippen molar-refractivity contribution in [1.82, 2.24) is 9.97 Å². The molecule has 1 aromatic rings. The quantitative estimate of drug-likeness (QED) is 0.750. The summed E-state index contributed by atoms with van der Waals surface area (Å²) in [6, 6.07) is 1.76. The molecule has 1 aliphatic rings. The number of rotatable bonds is 3. The highest BCUT2D eigenvalue weighted by atomic mass is 16.5. The fourth-order valence-electron chi connectivity index (χ4n) is 1.90. The predicted octanol–water partition coefficient (Wildman–Crippen LogP) is 0.0818. The highest BCUT2D eigenvalue weighted by Gasteiger charge is 2.23. The zero-order valence-electron chi connectivity index (χ0n) is 9.67. The number of aliphatic hydroxyl groups excluding tert-OH is 1. The lowest BCUT2D eigenvalue weighted by molar-refractivity contribution is 0.0587. The summed E-state index contributed by atoms with van der Waals surface area (Å²) < 4.78 is 4.57. The van der Waals surface area contributed by atoms with E-state index in [1.807, 2.05) is 4.90 Å². The van der Waals surface area contributed by atoms with Gasteiger partial charge in [0.25, 0.3) is 0 Å². The lowest BCUT2D eigenvalue weighted by Crippen LogP contribution is -2.23. The normalized spacial score (nSPS) is 19.4. The molecule has 0 radical (unpaired) electrons. The van der Waals surface area contributed by atoms with Gasteiger partial charge in [-0.1, -0.05) is 0 Å². The van der Waals surface area contributed by atoms with Crippen molar-refractivity contribution >= 4 is 11.8 Å². The van der Waals surface area contributed by atoms with Crippen molar-refractivity contribution in [2.24, 2.45) is 5.92 Å². The zero-order chi connectivity index (χ0) is 12.3. The Balaban J connectivity index is 2.14. The Morgan fingerprint density at radius 1 is 1.71 bits per heavy atom. The molecule has 1 aliphatic heterocycles. The molecule has 0 aliphatic carbocycles. The van der Waals surface area contributed by atoms with Crippen LogP contribution in [0.15, 0.2) is 12.3 Å². The molecule has 6 nitrogen and oxygen atoms in total. The molecule has 1 N–H and O–H groups in total. The molecule has 1 fully saturated rings. The first kappa shape index (κ1) is 11.8. The van der Waals surface area contributed by atoms with E-state index >= 15 is 0 Å². The molecular weight excluding hydrogens is 222 g/mol. The molecule has 2 heterocycles. The minimum Gasteiger partial charge on any atom is -0.463 e. The minimum atomic E-state index is -0.537. The highest BCUT2D eigenvalue weighted by molar-refractivity contribution is 5.85. The van der Waals surface area contributed by atoms with Gasteiger partial charge < -0.3 is 14.7 Å². The van der Waals surface area contributed by atoms with Crippen LogP contribution in [0.4, 0.5) is 5.82 Å². The Bertz CT molecular complexity index is 411. The molecule has 0 spiro atoms. The molecule has 0 saturated carbocycles. The minimum absolute atomic E-state index is 0.0671. The second kappa shape index (κ2) is 5.09. The van der Waals surface area contributed by atoms with Crippen LogP contribution in [0.2, 0.25) is 0 Å². The molecular formula is C11H15N3O3. The van der Waals surface area contributed by atoms with Crippen LogP contribution in [0, 0.1) is 5.92 Å². The van der Waals surface area contributed by atoms with Gasteiger partial charge in [0.1, 0.15) is 5.82 Å². The fourth-order valence-corrected chi connectivity index (χ4v) is 1.90. The average molecular weight is 237 g/mol. The smallest absolute Gasteiger partial charge is 0.376 e. The number of methoxy groups -OCH3 is 1. The third kappa shape index (κ3) is 2.52. The molecule has 1 saturated heterocycles. The first-order valence-electron chi connectivity index (χ1n) is 5.51. The largest absolute Gasteiger partial charge is 0.463 e. The van der Waals surface area contributed by atoms with Gasteiger partial charge in [-0.2, -0.15) is 0 Å². The monoisotopic (exact) mass is 237 g/mol. The molecule has 17 heavy (non-hydrogen) atoms. The van der Waals surface area contributed by atoms with Gasteiger partial charge in [-0.15, -0.1) is 0 Å². The van der Waals surface area contributed by atoms with Crippen molar-refractivity contribution < 1.29 is 14.6 Å². The van der Waals surface area contributed by atoms with E-state index in [9.17, 15) is 4.79 Å². The number of carbonyl (C=O) groups excluding carboxylic acids is 1. The van der Waals surface area contributed by atoms with Crippen molar-refractivity contribution in [3.63, 3.8) is 0 Å². The van der Waals surface area contributed by atoms with E-state index < -0.39 is 5.97 Å². The molecule has 1 atom stereocenters. The summed E-state index contributed by atoms with van der Waals surface area (Å²) >= 11 is 0. The summed E-state index contributed by atoms with van der Waals surface area (Å²) in [6.45, 7) is 1.78. The van der Waals surface area contributed by atoms with E-state index in [0.29, 0.717) is 5.82 Å². The van der Waals surface area contributed by atoms with Gasteiger partial charge in [0.2, 0.25) is 5.82 Å². The molecule has 0 bridgehead atoms.